The zero-order valence-corrected chi connectivity index (χ0v) is 19.1. The van der Waals surface area contributed by atoms with E-state index < -0.39 is 22.0 Å². The number of methoxy groups -OCH3 is 2. The van der Waals surface area contributed by atoms with Crippen LogP contribution in [0, 0.1) is 0 Å². The molecule has 0 aliphatic carbocycles. The molecule has 1 aliphatic heterocycles. The van der Waals surface area contributed by atoms with Crippen LogP contribution in [0.3, 0.4) is 0 Å². The van der Waals surface area contributed by atoms with Gasteiger partial charge >= 0.3 is 0 Å². The van der Waals surface area contributed by atoms with Gasteiger partial charge < -0.3 is 19.5 Å². The number of benzene rings is 2. The van der Waals surface area contributed by atoms with E-state index in [0.717, 1.165) is 0 Å². The summed E-state index contributed by atoms with van der Waals surface area (Å²) in [5.74, 6) is 0.707. The average Bonchev–Trinajstić information content (AvgIpc) is 2.79. The molecule has 0 unspecified atom stereocenters. The molecule has 0 saturated carbocycles. The maximum Gasteiger partial charge on any atom is 0.253 e. The van der Waals surface area contributed by atoms with Crippen molar-refractivity contribution < 1.29 is 27.4 Å². The molecular weight excluding hydrogens is 444 g/mol. The Hall–Kier alpha value is -2.33. The van der Waals surface area contributed by atoms with Gasteiger partial charge in [-0.05, 0) is 43.3 Å². The van der Waals surface area contributed by atoms with Gasteiger partial charge in [0.05, 0.1) is 49.0 Å². The van der Waals surface area contributed by atoms with Crippen molar-refractivity contribution in [2.24, 2.45) is 0 Å². The summed E-state index contributed by atoms with van der Waals surface area (Å²) in [4.78, 5) is 13.0. The molecule has 1 N–H and O–H groups in total. The smallest absolute Gasteiger partial charge is 0.253 e. The predicted octanol–water partition coefficient (Wildman–Crippen LogP) is 2.87. The van der Waals surface area contributed by atoms with Gasteiger partial charge in [-0.2, -0.15) is 4.31 Å². The predicted molar refractivity (Wildman–Crippen MR) is 116 cm³/mol. The Bertz CT molecular complexity index is 1050. The van der Waals surface area contributed by atoms with Crippen molar-refractivity contribution in [3.05, 3.63) is 52.5 Å². The second-order valence-electron chi connectivity index (χ2n) is 6.96. The number of halogens is 1. The minimum Gasteiger partial charge on any atom is -0.497 e. The van der Waals surface area contributed by atoms with Gasteiger partial charge in [0.25, 0.3) is 5.91 Å². The fourth-order valence-electron chi connectivity index (χ4n) is 3.30. The van der Waals surface area contributed by atoms with Gasteiger partial charge in [0, 0.05) is 18.7 Å². The summed E-state index contributed by atoms with van der Waals surface area (Å²) < 4.78 is 43.1. The number of hydrogen-bond acceptors (Lipinski definition) is 6. The molecule has 8 nitrogen and oxygen atoms in total. The Morgan fingerprint density at radius 3 is 2.48 bits per heavy atom. The van der Waals surface area contributed by atoms with Crippen LogP contribution in [0.1, 0.15) is 28.9 Å². The Balaban J connectivity index is 1.86. The Morgan fingerprint density at radius 2 is 1.84 bits per heavy atom. The average molecular weight is 469 g/mol. The number of amides is 1. The van der Waals surface area contributed by atoms with Gasteiger partial charge in [-0.3, -0.25) is 4.79 Å². The Kier molecular flexibility index (Phi) is 7.42. The van der Waals surface area contributed by atoms with E-state index in [2.05, 4.69) is 5.32 Å². The second kappa shape index (κ2) is 9.86. The number of ether oxygens (including phenoxy) is 3. The number of carbonyl (C=O) groups is 1. The van der Waals surface area contributed by atoms with Crippen molar-refractivity contribution in [2.75, 3.05) is 40.5 Å². The first-order chi connectivity index (χ1) is 14.8. The number of nitrogens with zero attached hydrogens (tertiary/aromatic N) is 1. The lowest BCUT2D eigenvalue weighted by molar-refractivity contribution is 0.0730. The maximum absolute atomic E-state index is 13.0. The van der Waals surface area contributed by atoms with Gasteiger partial charge in [-0.1, -0.05) is 11.6 Å². The Morgan fingerprint density at radius 1 is 1.13 bits per heavy atom. The van der Waals surface area contributed by atoms with E-state index in [1.165, 1.54) is 29.6 Å². The first-order valence-corrected chi connectivity index (χ1v) is 11.5. The third-order valence-corrected chi connectivity index (χ3v) is 7.27. The van der Waals surface area contributed by atoms with Crippen LogP contribution in [0.15, 0.2) is 41.3 Å². The van der Waals surface area contributed by atoms with Gasteiger partial charge in [-0.25, -0.2) is 8.42 Å². The normalized spacial score (nSPS) is 15.9. The van der Waals surface area contributed by atoms with E-state index in [-0.39, 0.29) is 28.6 Å². The molecule has 0 radical (unpaired) electrons. The number of sulfonamides is 1. The van der Waals surface area contributed by atoms with E-state index in [0.29, 0.717) is 30.3 Å². The van der Waals surface area contributed by atoms with E-state index in [1.54, 1.807) is 32.2 Å². The minimum atomic E-state index is -3.76. The molecule has 1 amide bonds. The van der Waals surface area contributed by atoms with Crippen LogP contribution in [-0.2, 0) is 14.8 Å². The molecule has 2 aromatic rings. The minimum absolute atomic E-state index is 0.00978. The molecule has 3 rings (SSSR count). The summed E-state index contributed by atoms with van der Waals surface area (Å²) in [5, 5.41) is 3.01. The summed E-state index contributed by atoms with van der Waals surface area (Å²) in [7, 11) is -0.668. The lowest BCUT2D eigenvalue weighted by atomic mass is 10.1. The van der Waals surface area contributed by atoms with Gasteiger partial charge in [0.15, 0.2) is 0 Å². The number of hydrogen-bond donors (Lipinski definition) is 1. The molecule has 0 aromatic heterocycles. The van der Waals surface area contributed by atoms with Crippen LogP contribution in [0.4, 0.5) is 0 Å². The first-order valence-electron chi connectivity index (χ1n) is 9.68. The van der Waals surface area contributed by atoms with Crippen LogP contribution < -0.4 is 14.8 Å². The zero-order valence-electron chi connectivity index (χ0n) is 17.6. The summed E-state index contributed by atoms with van der Waals surface area (Å²) in [6.45, 7) is 2.98. The summed E-state index contributed by atoms with van der Waals surface area (Å²) >= 11 is 6.23. The van der Waals surface area contributed by atoms with Crippen molar-refractivity contribution in [1.29, 1.82) is 0 Å². The molecule has 10 heteroatoms. The topological polar surface area (TPSA) is 94.2 Å². The standard InChI is InChI=1S/C21H25ClN2O6S/c1-14(17-12-15(28-2)4-7-20(17)29-3)23-21(25)18-13-16(5-6-19(18)22)31(26,27)24-8-10-30-11-9-24/h4-7,12-14H,8-11H2,1-3H3,(H,23,25)/t14-/m0/s1. The third-order valence-electron chi connectivity index (χ3n) is 5.04. The van der Waals surface area contributed by atoms with Crippen molar-refractivity contribution in [3.8, 4) is 11.5 Å². The number of morpholine rings is 1. The summed E-state index contributed by atoms with van der Waals surface area (Å²) in [6.07, 6.45) is 0. The fraction of sp³-hybridized carbons (Fsp3) is 0.381. The van der Waals surface area contributed by atoms with Crippen LogP contribution >= 0.6 is 11.6 Å². The molecule has 2 aromatic carbocycles. The molecule has 1 aliphatic rings. The largest absolute Gasteiger partial charge is 0.497 e. The highest BCUT2D eigenvalue weighted by molar-refractivity contribution is 7.89. The van der Waals surface area contributed by atoms with Gasteiger partial charge in [-0.15, -0.1) is 0 Å². The quantitative estimate of drug-likeness (QED) is 0.671. The van der Waals surface area contributed by atoms with Crippen LogP contribution in [0.5, 0.6) is 11.5 Å². The summed E-state index contributed by atoms with van der Waals surface area (Å²) in [6, 6.07) is 8.95. The van der Waals surface area contributed by atoms with Crippen molar-refractivity contribution >= 4 is 27.5 Å². The molecule has 168 valence electrons. The number of nitrogens with one attached hydrogen (secondary N) is 1. The van der Waals surface area contributed by atoms with E-state index in [9.17, 15) is 13.2 Å². The monoisotopic (exact) mass is 468 g/mol. The summed E-state index contributed by atoms with van der Waals surface area (Å²) in [5.41, 5.74) is 0.785. The SMILES string of the molecule is COc1ccc(OC)c([C@H](C)NC(=O)c2cc(S(=O)(=O)N3CCOCC3)ccc2Cl)c1. The molecular formula is C21H25ClN2O6S. The maximum atomic E-state index is 13.0. The molecule has 31 heavy (non-hydrogen) atoms. The second-order valence-corrected chi connectivity index (χ2v) is 9.31. The number of rotatable bonds is 7. The van der Waals surface area contributed by atoms with Gasteiger partial charge in [0.1, 0.15) is 11.5 Å². The third kappa shape index (κ3) is 5.12. The van der Waals surface area contributed by atoms with Crippen molar-refractivity contribution in [1.82, 2.24) is 9.62 Å². The van der Waals surface area contributed by atoms with Crippen LogP contribution in [0.25, 0.3) is 0 Å². The van der Waals surface area contributed by atoms with Crippen molar-refractivity contribution in [3.63, 3.8) is 0 Å². The fourth-order valence-corrected chi connectivity index (χ4v) is 4.94. The van der Waals surface area contributed by atoms with Gasteiger partial charge in [0.2, 0.25) is 10.0 Å². The number of carbonyl (C=O) groups excluding carboxylic acids is 1. The van der Waals surface area contributed by atoms with E-state index in [1.807, 2.05) is 0 Å². The highest BCUT2D eigenvalue weighted by Crippen LogP contribution is 2.30. The molecule has 1 fully saturated rings. The molecule has 0 bridgehead atoms. The molecule has 0 spiro atoms. The van der Waals surface area contributed by atoms with Crippen molar-refractivity contribution in [2.45, 2.75) is 17.9 Å². The van der Waals surface area contributed by atoms with E-state index >= 15 is 0 Å². The molecule has 1 atom stereocenters. The highest BCUT2D eigenvalue weighted by Gasteiger charge is 2.28. The highest BCUT2D eigenvalue weighted by atomic mass is 35.5. The Labute approximate surface area is 187 Å². The van der Waals surface area contributed by atoms with Crippen LogP contribution in [0.2, 0.25) is 5.02 Å². The first kappa shape index (κ1) is 23.3. The van der Waals surface area contributed by atoms with Crippen LogP contribution in [-0.4, -0.2) is 59.2 Å². The molecule has 1 heterocycles. The lowest BCUT2D eigenvalue weighted by Crippen LogP contribution is -2.40. The lowest BCUT2D eigenvalue weighted by Gasteiger charge is -2.26. The zero-order chi connectivity index (χ0) is 22.6. The molecule has 1 saturated heterocycles. The van der Waals surface area contributed by atoms with E-state index in [4.69, 9.17) is 25.8 Å².